The van der Waals surface area contributed by atoms with Gasteiger partial charge in [0, 0.05) is 12.3 Å². The summed E-state index contributed by atoms with van der Waals surface area (Å²) in [6, 6.07) is 7.95. The molecule has 7 nitrogen and oxygen atoms in total. The molecule has 0 saturated heterocycles. The lowest BCUT2D eigenvalue weighted by Crippen LogP contribution is -2.20. The maximum absolute atomic E-state index is 10.8. The van der Waals surface area contributed by atoms with E-state index in [1.807, 2.05) is 13.0 Å². The van der Waals surface area contributed by atoms with Crippen molar-refractivity contribution in [2.45, 2.75) is 6.92 Å². The second-order valence-corrected chi connectivity index (χ2v) is 4.85. The van der Waals surface area contributed by atoms with Crippen molar-refractivity contribution in [3.63, 3.8) is 0 Å². The van der Waals surface area contributed by atoms with Crippen molar-refractivity contribution in [1.29, 1.82) is 0 Å². The maximum atomic E-state index is 10.8. The van der Waals surface area contributed by atoms with Crippen LogP contribution in [0.25, 0.3) is 0 Å². The Balaban J connectivity index is 2.10. The molecule has 8 heteroatoms. The molecule has 0 spiro atoms. The summed E-state index contributed by atoms with van der Waals surface area (Å²) in [5.41, 5.74) is 1.51. The van der Waals surface area contributed by atoms with Crippen LogP contribution in [0.4, 0.5) is 17.2 Å². The SMILES string of the molecule is COc1cc([N+](=O)[O-])ccc1NC(=S)Nc1ccc(C)cn1. The van der Waals surface area contributed by atoms with Crippen molar-refractivity contribution in [2.24, 2.45) is 0 Å². The average molecular weight is 318 g/mol. The number of rotatable bonds is 4. The van der Waals surface area contributed by atoms with Crippen LogP contribution in [0.15, 0.2) is 36.5 Å². The number of nitrogens with zero attached hydrogens (tertiary/aromatic N) is 2. The molecule has 114 valence electrons. The van der Waals surface area contributed by atoms with Crippen LogP contribution in [-0.4, -0.2) is 22.1 Å². The van der Waals surface area contributed by atoms with E-state index in [9.17, 15) is 10.1 Å². The number of hydrogen-bond donors (Lipinski definition) is 2. The van der Waals surface area contributed by atoms with Crippen molar-refractivity contribution < 1.29 is 9.66 Å². The molecule has 0 amide bonds. The lowest BCUT2D eigenvalue weighted by Gasteiger charge is -2.12. The molecule has 1 aromatic carbocycles. The van der Waals surface area contributed by atoms with Crippen LogP contribution in [0, 0.1) is 17.0 Å². The molecule has 2 aromatic rings. The summed E-state index contributed by atoms with van der Waals surface area (Å²) in [5.74, 6) is 0.930. The zero-order valence-corrected chi connectivity index (χ0v) is 12.8. The van der Waals surface area contributed by atoms with Gasteiger partial charge in [0.15, 0.2) is 5.11 Å². The van der Waals surface area contributed by atoms with Gasteiger partial charge in [-0.15, -0.1) is 0 Å². The number of nitro benzene ring substituents is 1. The van der Waals surface area contributed by atoms with Gasteiger partial charge >= 0.3 is 0 Å². The highest BCUT2D eigenvalue weighted by molar-refractivity contribution is 7.80. The van der Waals surface area contributed by atoms with Crippen molar-refractivity contribution in [2.75, 3.05) is 17.7 Å². The lowest BCUT2D eigenvalue weighted by molar-refractivity contribution is -0.384. The van der Waals surface area contributed by atoms with Gasteiger partial charge in [-0.2, -0.15) is 0 Å². The van der Waals surface area contributed by atoms with Gasteiger partial charge in [0.1, 0.15) is 11.6 Å². The fourth-order valence-corrected chi connectivity index (χ4v) is 1.92. The topological polar surface area (TPSA) is 89.3 Å². The quantitative estimate of drug-likeness (QED) is 0.508. The van der Waals surface area contributed by atoms with Gasteiger partial charge in [-0.25, -0.2) is 4.98 Å². The number of thiocarbonyl (C=S) groups is 1. The van der Waals surface area contributed by atoms with Crippen LogP contribution in [-0.2, 0) is 0 Å². The van der Waals surface area contributed by atoms with Crippen molar-refractivity contribution in [1.82, 2.24) is 4.98 Å². The molecule has 0 unspecified atom stereocenters. The van der Waals surface area contributed by atoms with Gasteiger partial charge < -0.3 is 15.4 Å². The van der Waals surface area contributed by atoms with E-state index in [-0.39, 0.29) is 5.69 Å². The van der Waals surface area contributed by atoms with Crippen LogP contribution in [0.1, 0.15) is 5.56 Å². The average Bonchev–Trinajstić information content (AvgIpc) is 2.49. The highest BCUT2D eigenvalue weighted by Crippen LogP contribution is 2.29. The number of nitrogens with one attached hydrogen (secondary N) is 2. The van der Waals surface area contributed by atoms with E-state index in [2.05, 4.69) is 15.6 Å². The number of nitro groups is 1. The summed E-state index contributed by atoms with van der Waals surface area (Å²) >= 11 is 5.19. The van der Waals surface area contributed by atoms with Crippen LogP contribution in [0.3, 0.4) is 0 Å². The van der Waals surface area contributed by atoms with Crippen LogP contribution in [0.2, 0.25) is 0 Å². The third-order valence-corrected chi connectivity index (χ3v) is 3.00. The minimum absolute atomic E-state index is 0.0542. The number of aromatic nitrogens is 1. The first-order valence-electron chi connectivity index (χ1n) is 6.32. The molecule has 0 radical (unpaired) electrons. The third kappa shape index (κ3) is 3.89. The Morgan fingerprint density at radius 2 is 2.09 bits per heavy atom. The Labute approximate surface area is 132 Å². The minimum atomic E-state index is -0.487. The Morgan fingerprint density at radius 1 is 1.32 bits per heavy atom. The molecule has 0 aliphatic heterocycles. The zero-order valence-electron chi connectivity index (χ0n) is 12.0. The van der Waals surface area contributed by atoms with Gasteiger partial charge in [-0.1, -0.05) is 6.07 Å². The molecule has 0 saturated carbocycles. The number of anilines is 2. The van der Waals surface area contributed by atoms with Crippen molar-refractivity contribution in [3.05, 3.63) is 52.2 Å². The summed E-state index contributed by atoms with van der Waals surface area (Å²) in [4.78, 5) is 14.4. The van der Waals surface area contributed by atoms with E-state index in [4.69, 9.17) is 17.0 Å². The number of hydrogen-bond acceptors (Lipinski definition) is 5. The summed E-state index contributed by atoms with van der Waals surface area (Å²) in [7, 11) is 1.43. The van der Waals surface area contributed by atoms with Crippen molar-refractivity contribution in [3.8, 4) is 5.75 Å². The second-order valence-electron chi connectivity index (χ2n) is 4.44. The molecule has 2 rings (SSSR count). The summed E-state index contributed by atoms with van der Waals surface area (Å²) in [5, 5.41) is 16.9. The molecule has 2 N–H and O–H groups in total. The largest absolute Gasteiger partial charge is 0.494 e. The number of ether oxygens (including phenoxy) is 1. The molecule has 1 heterocycles. The molecule has 0 bridgehead atoms. The Hall–Kier alpha value is -2.74. The number of pyridine rings is 1. The first-order valence-corrected chi connectivity index (χ1v) is 6.73. The first kappa shape index (κ1) is 15.6. The van der Waals surface area contributed by atoms with Crippen LogP contribution in [0.5, 0.6) is 5.75 Å². The normalized spacial score (nSPS) is 9.91. The minimum Gasteiger partial charge on any atom is -0.494 e. The maximum Gasteiger partial charge on any atom is 0.273 e. The Kier molecular flexibility index (Phi) is 4.84. The van der Waals surface area contributed by atoms with Gasteiger partial charge in [0.2, 0.25) is 0 Å². The van der Waals surface area contributed by atoms with E-state index in [0.29, 0.717) is 22.4 Å². The number of benzene rings is 1. The fraction of sp³-hybridized carbons (Fsp3) is 0.143. The zero-order chi connectivity index (χ0) is 16.1. The molecule has 0 fully saturated rings. The van der Waals surface area contributed by atoms with E-state index in [1.165, 1.54) is 25.3 Å². The third-order valence-electron chi connectivity index (χ3n) is 2.80. The van der Waals surface area contributed by atoms with Crippen molar-refractivity contribution >= 4 is 34.5 Å². The van der Waals surface area contributed by atoms with Crippen LogP contribution >= 0.6 is 12.2 Å². The van der Waals surface area contributed by atoms with Crippen LogP contribution < -0.4 is 15.4 Å². The number of non-ortho nitro benzene ring substituents is 1. The molecule has 0 aliphatic rings. The smallest absolute Gasteiger partial charge is 0.273 e. The van der Waals surface area contributed by atoms with Gasteiger partial charge in [0.05, 0.1) is 23.8 Å². The number of aryl methyl sites for hydroxylation is 1. The van der Waals surface area contributed by atoms with Gasteiger partial charge in [-0.3, -0.25) is 10.1 Å². The summed E-state index contributed by atoms with van der Waals surface area (Å²) in [6.45, 7) is 1.94. The fourth-order valence-electron chi connectivity index (χ4n) is 1.71. The van der Waals surface area contributed by atoms with E-state index >= 15 is 0 Å². The van der Waals surface area contributed by atoms with E-state index < -0.39 is 4.92 Å². The van der Waals surface area contributed by atoms with Gasteiger partial charge in [0.25, 0.3) is 5.69 Å². The highest BCUT2D eigenvalue weighted by atomic mass is 32.1. The molecular weight excluding hydrogens is 304 g/mol. The summed E-state index contributed by atoms with van der Waals surface area (Å²) < 4.78 is 5.13. The second kappa shape index (κ2) is 6.81. The standard InChI is InChI=1S/C14H14N4O3S/c1-9-3-6-13(15-8-9)17-14(22)16-11-5-4-10(18(19)20)7-12(11)21-2/h3-8H,1-2H3,(H2,15,16,17,22). The number of methoxy groups -OCH3 is 1. The molecule has 1 aromatic heterocycles. The highest BCUT2D eigenvalue weighted by Gasteiger charge is 2.12. The molecular formula is C14H14N4O3S. The molecule has 0 atom stereocenters. The van der Waals surface area contributed by atoms with E-state index in [0.717, 1.165) is 5.56 Å². The monoisotopic (exact) mass is 318 g/mol. The molecule has 22 heavy (non-hydrogen) atoms. The lowest BCUT2D eigenvalue weighted by atomic mass is 10.2. The Morgan fingerprint density at radius 3 is 2.68 bits per heavy atom. The predicted molar refractivity (Wildman–Crippen MR) is 88.5 cm³/mol. The molecule has 0 aliphatic carbocycles. The Bertz CT molecular complexity index is 704. The predicted octanol–water partition coefficient (Wildman–Crippen LogP) is 3.12. The van der Waals surface area contributed by atoms with Gasteiger partial charge in [-0.05, 0) is 36.8 Å². The first-order chi connectivity index (χ1) is 10.5. The van der Waals surface area contributed by atoms with E-state index in [1.54, 1.807) is 12.3 Å². The summed E-state index contributed by atoms with van der Waals surface area (Å²) in [6.07, 6.45) is 1.72.